The number of hydrogen-bond donors (Lipinski definition) is 0. The molecule has 0 atom stereocenters. The molecule has 0 aliphatic heterocycles. The Balaban J connectivity index is 1.81. The molecule has 0 fully saturated rings. The van der Waals surface area contributed by atoms with Gasteiger partial charge in [0, 0.05) is 13.1 Å². The van der Waals surface area contributed by atoms with Gasteiger partial charge in [-0.15, -0.1) is 0 Å². The number of hydrogen-bond acceptors (Lipinski definition) is 2. The molecule has 3 heteroatoms. The molecule has 0 N–H and O–H groups in total. The van der Waals surface area contributed by atoms with Crippen LogP contribution in [0.5, 0.6) is 5.75 Å². The zero-order valence-electron chi connectivity index (χ0n) is 14.0. The van der Waals surface area contributed by atoms with E-state index in [9.17, 15) is 4.79 Å². The third-order valence-electron chi connectivity index (χ3n) is 3.94. The van der Waals surface area contributed by atoms with E-state index in [-0.39, 0.29) is 12.5 Å². The number of nitrogens with zero attached hydrogens (tertiary/aromatic N) is 1. The maximum absolute atomic E-state index is 12.3. The first-order valence-electron chi connectivity index (χ1n) is 8.26. The van der Waals surface area contributed by atoms with E-state index in [1.807, 2.05) is 54.3 Å². The van der Waals surface area contributed by atoms with Crippen LogP contribution in [0.4, 0.5) is 0 Å². The Morgan fingerprint density at radius 3 is 2.26 bits per heavy atom. The summed E-state index contributed by atoms with van der Waals surface area (Å²) in [6, 6.07) is 18.1. The molecule has 0 spiro atoms. The van der Waals surface area contributed by atoms with E-state index in [0.29, 0.717) is 6.54 Å². The second-order valence-corrected chi connectivity index (χ2v) is 5.50. The smallest absolute Gasteiger partial charge is 0.260 e. The second-order valence-electron chi connectivity index (χ2n) is 5.50. The third-order valence-corrected chi connectivity index (χ3v) is 3.94. The van der Waals surface area contributed by atoms with Gasteiger partial charge in [-0.3, -0.25) is 4.79 Å². The molecule has 0 aliphatic rings. The van der Waals surface area contributed by atoms with E-state index in [2.05, 4.69) is 19.1 Å². The fourth-order valence-corrected chi connectivity index (χ4v) is 2.43. The largest absolute Gasteiger partial charge is 0.484 e. The monoisotopic (exact) mass is 311 g/mol. The number of benzene rings is 2. The van der Waals surface area contributed by atoms with Gasteiger partial charge in [0.2, 0.25) is 0 Å². The minimum Gasteiger partial charge on any atom is -0.484 e. The van der Waals surface area contributed by atoms with E-state index < -0.39 is 0 Å². The number of carbonyl (C=O) groups excluding carboxylic acids is 1. The topological polar surface area (TPSA) is 29.5 Å². The molecule has 2 rings (SSSR count). The lowest BCUT2D eigenvalue weighted by Crippen LogP contribution is -2.36. The van der Waals surface area contributed by atoms with E-state index in [1.165, 1.54) is 11.1 Å². The SMILES string of the molecule is CCc1ccc(OCC(=O)N(CC)CCc2ccccc2)cc1. The lowest BCUT2D eigenvalue weighted by atomic mass is 10.1. The molecule has 0 aromatic heterocycles. The van der Waals surface area contributed by atoms with Crippen molar-refractivity contribution in [2.45, 2.75) is 26.7 Å². The fourth-order valence-electron chi connectivity index (χ4n) is 2.43. The minimum atomic E-state index is 0.0306. The summed E-state index contributed by atoms with van der Waals surface area (Å²) in [5.74, 6) is 0.776. The van der Waals surface area contributed by atoms with Crippen LogP contribution < -0.4 is 4.74 Å². The quantitative estimate of drug-likeness (QED) is 0.743. The molecular formula is C20H25NO2. The van der Waals surface area contributed by atoms with Crippen LogP contribution in [0.25, 0.3) is 0 Å². The number of carbonyl (C=O) groups is 1. The first-order chi connectivity index (χ1) is 11.2. The third kappa shape index (κ3) is 5.44. The molecule has 0 unspecified atom stereocenters. The summed E-state index contributed by atoms with van der Waals surface area (Å²) < 4.78 is 5.61. The zero-order chi connectivity index (χ0) is 16.5. The van der Waals surface area contributed by atoms with Crippen LogP contribution in [0, 0.1) is 0 Å². The van der Waals surface area contributed by atoms with Crippen molar-refractivity contribution in [3.05, 3.63) is 65.7 Å². The summed E-state index contributed by atoms with van der Waals surface area (Å²) in [4.78, 5) is 14.1. The normalized spacial score (nSPS) is 10.3. The lowest BCUT2D eigenvalue weighted by molar-refractivity contribution is -0.133. The highest BCUT2D eigenvalue weighted by atomic mass is 16.5. The van der Waals surface area contributed by atoms with Crippen molar-refractivity contribution in [2.24, 2.45) is 0 Å². The Morgan fingerprint density at radius 2 is 1.65 bits per heavy atom. The van der Waals surface area contributed by atoms with Crippen molar-refractivity contribution in [2.75, 3.05) is 19.7 Å². The minimum absolute atomic E-state index is 0.0306. The summed E-state index contributed by atoms with van der Waals surface area (Å²) in [6.07, 6.45) is 1.87. The van der Waals surface area contributed by atoms with E-state index in [0.717, 1.165) is 25.1 Å². The first kappa shape index (κ1) is 17.1. The Hall–Kier alpha value is -2.29. The first-order valence-corrected chi connectivity index (χ1v) is 8.26. The van der Waals surface area contributed by atoms with Gasteiger partial charge in [-0.25, -0.2) is 0 Å². The Morgan fingerprint density at radius 1 is 0.957 bits per heavy atom. The number of amides is 1. The van der Waals surface area contributed by atoms with E-state index >= 15 is 0 Å². The van der Waals surface area contributed by atoms with Gasteiger partial charge in [0.25, 0.3) is 5.91 Å². The molecule has 0 heterocycles. The highest BCUT2D eigenvalue weighted by molar-refractivity contribution is 5.77. The molecule has 0 bridgehead atoms. The molecule has 0 aliphatic carbocycles. The highest BCUT2D eigenvalue weighted by Crippen LogP contribution is 2.12. The van der Waals surface area contributed by atoms with Gasteiger partial charge in [0.05, 0.1) is 0 Å². The summed E-state index contributed by atoms with van der Waals surface area (Å²) in [6.45, 7) is 5.62. The van der Waals surface area contributed by atoms with Crippen molar-refractivity contribution in [3.8, 4) is 5.75 Å². The standard InChI is InChI=1S/C20H25NO2/c1-3-17-10-12-19(13-11-17)23-16-20(22)21(4-2)15-14-18-8-6-5-7-9-18/h5-13H,3-4,14-16H2,1-2H3. The van der Waals surface area contributed by atoms with Gasteiger partial charge >= 0.3 is 0 Å². The maximum atomic E-state index is 12.3. The second kappa shape index (κ2) is 8.99. The number of rotatable bonds is 8. The van der Waals surface area contributed by atoms with Gasteiger partial charge in [0.1, 0.15) is 5.75 Å². The Bertz CT molecular complexity index is 593. The molecule has 0 saturated heterocycles. The lowest BCUT2D eigenvalue weighted by Gasteiger charge is -2.21. The number of likely N-dealkylation sites (N-methyl/N-ethyl adjacent to an activating group) is 1. The zero-order valence-corrected chi connectivity index (χ0v) is 14.0. The van der Waals surface area contributed by atoms with Crippen molar-refractivity contribution in [3.63, 3.8) is 0 Å². The molecule has 23 heavy (non-hydrogen) atoms. The average molecular weight is 311 g/mol. The molecular weight excluding hydrogens is 286 g/mol. The summed E-state index contributed by atoms with van der Waals surface area (Å²) in [5.41, 5.74) is 2.51. The van der Waals surface area contributed by atoms with Gasteiger partial charge in [-0.1, -0.05) is 49.4 Å². The van der Waals surface area contributed by atoms with Crippen LogP contribution >= 0.6 is 0 Å². The van der Waals surface area contributed by atoms with Crippen LogP contribution in [0.1, 0.15) is 25.0 Å². The van der Waals surface area contributed by atoms with Crippen molar-refractivity contribution in [1.29, 1.82) is 0 Å². The highest BCUT2D eigenvalue weighted by Gasteiger charge is 2.12. The average Bonchev–Trinajstić information content (AvgIpc) is 2.61. The molecule has 0 saturated carbocycles. The van der Waals surface area contributed by atoms with Crippen LogP contribution in [0.15, 0.2) is 54.6 Å². The van der Waals surface area contributed by atoms with Crippen LogP contribution in [0.3, 0.4) is 0 Å². The van der Waals surface area contributed by atoms with E-state index in [4.69, 9.17) is 4.74 Å². The summed E-state index contributed by atoms with van der Waals surface area (Å²) >= 11 is 0. The van der Waals surface area contributed by atoms with Gasteiger partial charge in [-0.2, -0.15) is 0 Å². The maximum Gasteiger partial charge on any atom is 0.260 e. The van der Waals surface area contributed by atoms with E-state index in [1.54, 1.807) is 0 Å². The predicted octanol–water partition coefficient (Wildman–Crippen LogP) is 3.72. The van der Waals surface area contributed by atoms with Gasteiger partial charge in [-0.05, 0) is 43.0 Å². The van der Waals surface area contributed by atoms with Gasteiger partial charge in [0.15, 0.2) is 6.61 Å². The molecule has 122 valence electrons. The molecule has 0 radical (unpaired) electrons. The van der Waals surface area contributed by atoms with Crippen molar-refractivity contribution in [1.82, 2.24) is 4.90 Å². The molecule has 2 aromatic carbocycles. The van der Waals surface area contributed by atoms with Crippen LogP contribution in [0.2, 0.25) is 0 Å². The molecule has 1 amide bonds. The summed E-state index contributed by atoms with van der Waals surface area (Å²) in [5, 5.41) is 0. The molecule has 3 nitrogen and oxygen atoms in total. The van der Waals surface area contributed by atoms with Crippen molar-refractivity contribution < 1.29 is 9.53 Å². The Labute approximate surface area is 138 Å². The van der Waals surface area contributed by atoms with Crippen LogP contribution in [-0.4, -0.2) is 30.5 Å². The van der Waals surface area contributed by atoms with Gasteiger partial charge < -0.3 is 9.64 Å². The number of ether oxygens (including phenoxy) is 1. The summed E-state index contributed by atoms with van der Waals surface area (Å²) in [7, 11) is 0. The molecule has 2 aromatic rings. The number of aryl methyl sites for hydroxylation is 1. The predicted molar refractivity (Wildman–Crippen MR) is 93.7 cm³/mol. The van der Waals surface area contributed by atoms with Crippen LogP contribution in [-0.2, 0) is 17.6 Å². The fraction of sp³-hybridized carbons (Fsp3) is 0.350. The Kier molecular flexibility index (Phi) is 6.67. The van der Waals surface area contributed by atoms with Crippen molar-refractivity contribution >= 4 is 5.91 Å².